The van der Waals surface area contributed by atoms with Crippen molar-refractivity contribution in [1.82, 2.24) is 5.32 Å². The molecular weight excluding hydrogens is 346 g/mol. The lowest BCUT2D eigenvalue weighted by atomic mass is 10.1. The Morgan fingerprint density at radius 1 is 1.08 bits per heavy atom. The molecule has 2 aromatic rings. The zero-order chi connectivity index (χ0) is 18.9. The van der Waals surface area contributed by atoms with Gasteiger partial charge in [-0.1, -0.05) is 12.1 Å². The third-order valence-electron chi connectivity index (χ3n) is 3.46. The van der Waals surface area contributed by atoms with Gasteiger partial charge >= 0.3 is 12.6 Å². The number of ether oxygens (including phenoxy) is 3. The zero-order valence-electron chi connectivity index (χ0n) is 14.4. The molecule has 2 rings (SSSR count). The standard InChI is InChI=1S/C18H20F2N2O4/c1-24-15-7-6-12(10-16(15)25-2)8-9-21-18(23)22-13-4-3-5-14(11-13)26-17(19)20/h3-7,10-11,17H,8-9H2,1-2H3,(H2,21,22,23). The van der Waals surface area contributed by atoms with Gasteiger partial charge in [0.15, 0.2) is 11.5 Å². The monoisotopic (exact) mass is 366 g/mol. The van der Waals surface area contributed by atoms with Crippen LogP contribution < -0.4 is 24.8 Å². The molecule has 0 aromatic heterocycles. The van der Waals surface area contributed by atoms with Gasteiger partial charge in [-0.2, -0.15) is 8.78 Å². The molecule has 2 amide bonds. The number of hydrogen-bond donors (Lipinski definition) is 2. The number of urea groups is 1. The number of amides is 2. The number of anilines is 1. The lowest BCUT2D eigenvalue weighted by Gasteiger charge is -2.11. The average Bonchev–Trinajstić information content (AvgIpc) is 2.61. The number of benzene rings is 2. The van der Waals surface area contributed by atoms with Crippen molar-refractivity contribution in [2.75, 3.05) is 26.1 Å². The Morgan fingerprint density at radius 2 is 1.85 bits per heavy atom. The molecule has 26 heavy (non-hydrogen) atoms. The van der Waals surface area contributed by atoms with Crippen LogP contribution in [-0.4, -0.2) is 33.4 Å². The summed E-state index contributed by atoms with van der Waals surface area (Å²) in [7, 11) is 3.12. The molecule has 0 saturated heterocycles. The third kappa shape index (κ3) is 5.80. The first-order valence-electron chi connectivity index (χ1n) is 7.82. The largest absolute Gasteiger partial charge is 0.493 e. The fraction of sp³-hybridized carbons (Fsp3) is 0.278. The molecule has 0 unspecified atom stereocenters. The maximum atomic E-state index is 12.2. The van der Waals surface area contributed by atoms with Crippen LogP contribution in [0.5, 0.6) is 17.2 Å². The minimum absolute atomic E-state index is 0.0249. The van der Waals surface area contributed by atoms with Crippen LogP contribution in [0.15, 0.2) is 42.5 Å². The number of carbonyl (C=O) groups excluding carboxylic acids is 1. The fourth-order valence-corrected chi connectivity index (χ4v) is 2.28. The molecule has 0 aliphatic rings. The van der Waals surface area contributed by atoms with Crippen molar-refractivity contribution in [3.05, 3.63) is 48.0 Å². The normalized spacial score (nSPS) is 10.3. The van der Waals surface area contributed by atoms with Crippen molar-refractivity contribution in [3.8, 4) is 17.2 Å². The molecule has 140 valence electrons. The molecule has 0 aliphatic carbocycles. The Kier molecular flexibility index (Phi) is 7.02. The number of rotatable bonds is 8. The first-order chi connectivity index (χ1) is 12.5. The minimum atomic E-state index is -2.92. The highest BCUT2D eigenvalue weighted by Gasteiger charge is 2.08. The molecule has 6 nitrogen and oxygen atoms in total. The number of carbonyl (C=O) groups is 1. The second-order valence-electron chi connectivity index (χ2n) is 5.23. The third-order valence-corrected chi connectivity index (χ3v) is 3.46. The van der Waals surface area contributed by atoms with E-state index in [0.29, 0.717) is 30.2 Å². The van der Waals surface area contributed by atoms with Crippen molar-refractivity contribution in [2.24, 2.45) is 0 Å². The summed E-state index contributed by atoms with van der Waals surface area (Å²) in [5.41, 5.74) is 1.32. The lowest BCUT2D eigenvalue weighted by Crippen LogP contribution is -2.30. The van der Waals surface area contributed by atoms with Crippen molar-refractivity contribution in [1.29, 1.82) is 0 Å². The van der Waals surface area contributed by atoms with Gasteiger partial charge in [0.25, 0.3) is 0 Å². The summed E-state index contributed by atoms with van der Waals surface area (Å²) in [5, 5.41) is 5.26. The molecular formula is C18H20F2N2O4. The van der Waals surface area contributed by atoms with E-state index < -0.39 is 12.6 Å². The second kappa shape index (κ2) is 9.45. The Labute approximate surface area is 150 Å². The van der Waals surface area contributed by atoms with E-state index in [4.69, 9.17) is 9.47 Å². The van der Waals surface area contributed by atoms with Gasteiger partial charge in [0.2, 0.25) is 0 Å². The Hall–Kier alpha value is -3.03. The van der Waals surface area contributed by atoms with E-state index in [9.17, 15) is 13.6 Å². The van der Waals surface area contributed by atoms with Crippen LogP contribution in [0.25, 0.3) is 0 Å². The molecule has 0 fully saturated rings. The van der Waals surface area contributed by atoms with Gasteiger partial charge in [0.1, 0.15) is 5.75 Å². The highest BCUT2D eigenvalue weighted by Crippen LogP contribution is 2.27. The predicted octanol–water partition coefficient (Wildman–Crippen LogP) is 3.67. The number of alkyl halides is 2. The molecule has 0 atom stereocenters. The van der Waals surface area contributed by atoms with Crippen molar-refractivity contribution < 1.29 is 27.8 Å². The Bertz CT molecular complexity index is 741. The summed E-state index contributed by atoms with van der Waals surface area (Å²) >= 11 is 0. The van der Waals surface area contributed by atoms with Crippen LogP contribution in [0.4, 0.5) is 19.3 Å². The summed E-state index contributed by atoms with van der Waals surface area (Å²) in [4.78, 5) is 11.9. The van der Waals surface area contributed by atoms with Gasteiger partial charge in [-0.05, 0) is 36.2 Å². The molecule has 0 bridgehead atoms. The molecule has 2 N–H and O–H groups in total. The van der Waals surface area contributed by atoms with Crippen LogP contribution in [0.1, 0.15) is 5.56 Å². The highest BCUT2D eigenvalue weighted by molar-refractivity contribution is 5.89. The molecule has 8 heteroatoms. The maximum absolute atomic E-state index is 12.2. The highest BCUT2D eigenvalue weighted by atomic mass is 19.3. The van der Waals surface area contributed by atoms with Crippen LogP contribution in [-0.2, 0) is 6.42 Å². The summed E-state index contributed by atoms with van der Waals surface area (Å²) in [5.74, 6) is 1.22. The fourth-order valence-electron chi connectivity index (χ4n) is 2.28. The SMILES string of the molecule is COc1ccc(CCNC(=O)Nc2cccc(OC(F)F)c2)cc1OC. The van der Waals surface area contributed by atoms with Crippen LogP contribution in [0, 0.1) is 0 Å². The average molecular weight is 366 g/mol. The van der Waals surface area contributed by atoms with Crippen molar-refractivity contribution in [3.63, 3.8) is 0 Å². The summed E-state index contributed by atoms with van der Waals surface area (Å²) in [6.07, 6.45) is 0.586. The smallest absolute Gasteiger partial charge is 0.387 e. The molecule has 2 aromatic carbocycles. The van der Waals surface area contributed by atoms with Gasteiger partial charge in [-0.15, -0.1) is 0 Å². The van der Waals surface area contributed by atoms with E-state index in [1.807, 2.05) is 12.1 Å². The lowest BCUT2D eigenvalue weighted by molar-refractivity contribution is -0.0497. The number of methoxy groups -OCH3 is 2. The molecule has 0 radical (unpaired) electrons. The Balaban J connectivity index is 1.84. The zero-order valence-corrected chi connectivity index (χ0v) is 14.4. The quantitative estimate of drug-likeness (QED) is 0.748. The summed E-state index contributed by atoms with van der Waals surface area (Å²) in [6, 6.07) is 10.9. The van der Waals surface area contributed by atoms with E-state index >= 15 is 0 Å². The molecule has 0 spiro atoms. The van der Waals surface area contributed by atoms with Crippen molar-refractivity contribution >= 4 is 11.7 Å². The van der Waals surface area contributed by atoms with E-state index in [-0.39, 0.29) is 5.75 Å². The number of hydrogen-bond acceptors (Lipinski definition) is 4. The first-order valence-corrected chi connectivity index (χ1v) is 7.82. The molecule has 0 saturated carbocycles. The predicted molar refractivity (Wildman–Crippen MR) is 93.3 cm³/mol. The van der Waals surface area contributed by atoms with Crippen LogP contribution in [0.2, 0.25) is 0 Å². The van der Waals surface area contributed by atoms with Gasteiger partial charge < -0.3 is 24.8 Å². The number of nitrogens with one attached hydrogen (secondary N) is 2. The van der Waals surface area contributed by atoms with Gasteiger partial charge in [-0.25, -0.2) is 4.79 Å². The van der Waals surface area contributed by atoms with E-state index in [1.54, 1.807) is 26.4 Å². The van der Waals surface area contributed by atoms with Gasteiger partial charge in [0, 0.05) is 18.3 Å². The van der Waals surface area contributed by atoms with E-state index in [1.165, 1.54) is 18.2 Å². The van der Waals surface area contributed by atoms with Crippen LogP contribution in [0.3, 0.4) is 0 Å². The van der Waals surface area contributed by atoms with Gasteiger partial charge in [0.05, 0.1) is 14.2 Å². The second-order valence-corrected chi connectivity index (χ2v) is 5.23. The van der Waals surface area contributed by atoms with E-state index in [2.05, 4.69) is 15.4 Å². The van der Waals surface area contributed by atoms with Crippen molar-refractivity contribution in [2.45, 2.75) is 13.0 Å². The molecule has 0 aliphatic heterocycles. The van der Waals surface area contributed by atoms with Gasteiger partial charge in [-0.3, -0.25) is 0 Å². The number of halogens is 2. The van der Waals surface area contributed by atoms with Crippen LogP contribution >= 0.6 is 0 Å². The molecule has 0 heterocycles. The Morgan fingerprint density at radius 3 is 2.54 bits per heavy atom. The summed E-state index contributed by atoms with van der Waals surface area (Å²) in [6.45, 7) is -2.53. The summed E-state index contributed by atoms with van der Waals surface area (Å²) < 4.78 is 39.1. The minimum Gasteiger partial charge on any atom is -0.493 e. The maximum Gasteiger partial charge on any atom is 0.387 e. The van der Waals surface area contributed by atoms with E-state index in [0.717, 1.165) is 5.56 Å². The topological polar surface area (TPSA) is 68.8 Å². The first kappa shape index (κ1) is 19.3.